The summed E-state index contributed by atoms with van der Waals surface area (Å²) in [5.41, 5.74) is 8.82. The second kappa shape index (κ2) is 7.25. The van der Waals surface area contributed by atoms with E-state index < -0.39 is 19.3 Å². The predicted octanol–water partition coefficient (Wildman–Crippen LogP) is 4.84. The molecule has 0 amide bonds. The van der Waals surface area contributed by atoms with Crippen molar-refractivity contribution in [3.05, 3.63) is 45.6 Å². The molecule has 0 saturated heterocycles. The van der Waals surface area contributed by atoms with E-state index in [-0.39, 0.29) is 18.5 Å². The minimum atomic E-state index is -2.29. The summed E-state index contributed by atoms with van der Waals surface area (Å²) in [6, 6.07) is 0. The van der Waals surface area contributed by atoms with Crippen molar-refractivity contribution >= 4 is 19.3 Å². The number of rotatable bonds is 4. The molecule has 0 bridgehead atoms. The average Bonchev–Trinajstić information content (AvgIpc) is 2.77. The van der Waals surface area contributed by atoms with Gasteiger partial charge in [0.05, 0.1) is 0 Å². The van der Waals surface area contributed by atoms with Gasteiger partial charge in [0.1, 0.15) is 0 Å². The van der Waals surface area contributed by atoms with Gasteiger partial charge in [0.15, 0.2) is 0 Å². The van der Waals surface area contributed by atoms with E-state index in [0.717, 1.165) is 12.8 Å². The Morgan fingerprint density at radius 2 is 1.33 bits per heavy atom. The Hall–Kier alpha value is 0.310. The summed E-state index contributed by atoms with van der Waals surface area (Å²) < 4.78 is 11.4. The smallest absolute Gasteiger partial charge is 0.147 e. The largest absolute Gasteiger partial charge is 0.147 e. The zero-order valence-electron chi connectivity index (χ0n) is 14.2. The van der Waals surface area contributed by atoms with E-state index in [1.54, 1.807) is 0 Å². The molecule has 0 heterocycles. The van der Waals surface area contributed by atoms with Crippen LogP contribution in [0.15, 0.2) is 45.6 Å². The van der Waals surface area contributed by atoms with Gasteiger partial charge in [-0.25, -0.2) is 0 Å². The molecule has 2 aliphatic carbocycles. The topological polar surface area (TPSA) is 9.23 Å². The fourth-order valence-corrected chi connectivity index (χ4v) is 6.43. The molecule has 4 heteroatoms. The summed E-state index contributed by atoms with van der Waals surface area (Å²) in [7, 11) is 0. The molecule has 0 atom stereocenters. The van der Waals surface area contributed by atoms with Crippen molar-refractivity contribution in [2.24, 2.45) is 0 Å². The first-order valence-electron chi connectivity index (χ1n) is 7.44. The number of allylic oxidation sites excluding steroid dienone is 6. The summed E-state index contributed by atoms with van der Waals surface area (Å²) in [4.78, 5) is 0. The Labute approximate surface area is 142 Å². The minimum Gasteiger partial charge on any atom is -0.147 e. The fourth-order valence-electron chi connectivity index (χ4n) is 3.18. The Kier molecular flexibility index (Phi) is 6.69. The number of hydrogen-bond donors (Lipinski definition) is 0. The Balaban J connectivity index is 0.00000220. The number of halogens is 1. The molecule has 0 aromatic heterocycles. The van der Waals surface area contributed by atoms with Gasteiger partial charge in [-0.2, -0.15) is 0 Å². The van der Waals surface area contributed by atoms with E-state index in [2.05, 4.69) is 56.0 Å². The van der Waals surface area contributed by atoms with Gasteiger partial charge in [-0.3, -0.25) is 0 Å². The van der Waals surface area contributed by atoms with Crippen molar-refractivity contribution in [1.29, 1.82) is 0 Å². The Morgan fingerprint density at radius 1 is 0.952 bits per heavy atom. The SMILES string of the molecule is CC1=CC(C)=C(C([O][Zr]([CH3])([CH3])=[SiH2])C2=C(C)C=C(C)C2)C1.Cl. The zero-order valence-corrected chi connectivity index (χ0v) is 18.9. The Bertz CT molecular complexity index is 562. The standard InChI is InChI=1S/C15H19O.2CH3.ClH.H2Si.Zr/c1-9-5-11(3)13(7-9)15(16)14-8-10(2)6-12(14)4;;;;;/h5-6,15H,7-8H2,1-4H3;2*1H3;1H;1H2;/q-1;;;;;+1. The van der Waals surface area contributed by atoms with Crippen LogP contribution in [0.25, 0.3) is 0 Å². The van der Waals surface area contributed by atoms with Crippen molar-refractivity contribution in [2.75, 3.05) is 0 Å². The molecule has 0 spiro atoms. The maximum absolute atomic E-state index is 6.68. The molecule has 0 radical (unpaired) electrons. The van der Waals surface area contributed by atoms with Crippen molar-refractivity contribution in [2.45, 2.75) is 55.9 Å². The van der Waals surface area contributed by atoms with Crippen molar-refractivity contribution in [1.82, 2.24) is 0 Å². The summed E-state index contributed by atoms with van der Waals surface area (Å²) in [5.74, 6) is 0. The van der Waals surface area contributed by atoms with Crippen LogP contribution in [-0.4, -0.2) is 13.0 Å². The van der Waals surface area contributed by atoms with Gasteiger partial charge in [-0.1, -0.05) is 0 Å². The van der Waals surface area contributed by atoms with Gasteiger partial charge in [-0.15, -0.1) is 12.4 Å². The minimum absolute atomic E-state index is 0. The normalized spacial score (nSPS) is 19.2. The van der Waals surface area contributed by atoms with Gasteiger partial charge in [0, 0.05) is 0 Å². The van der Waals surface area contributed by atoms with Gasteiger partial charge >= 0.3 is 131 Å². The Morgan fingerprint density at radius 3 is 1.57 bits per heavy atom. The second-order valence-corrected chi connectivity index (χ2v) is 26.3. The van der Waals surface area contributed by atoms with Gasteiger partial charge in [0.2, 0.25) is 0 Å². The molecule has 0 unspecified atom stereocenters. The summed E-state index contributed by atoms with van der Waals surface area (Å²) in [5, 5.41) is 0. The van der Waals surface area contributed by atoms with Crippen LogP contribution in [-0.2, 0) is 22.1 Å². The van der Waals surface area contributed by atoms with E-state index in [1.165, 1.54) is 33.4 Å². The van der Waals surface area contributed by atoms with Crippen LogP contribution in [0.2, 0.25) is 9.26 Å². The van der Waals surface area contributed by atoms with Crippen LogP contribution in [0.5, 0.6) is 0 Å². The zero-order chi connectivity index (χ0) is 15.1. The van der Waals surface area contributed by atoms with E-state index in [4.69, 9.17) is 2.81 Å². The van der Waals surface area contributed by atoms with Crippen molar-refractivity contribution < 1.29 is 22.1 Å². The molecule has 0 aromatic rings. The summed E-state index contributed by atoms with van der Waals surface area (Å²) >= 11 is -2.29. The molecule has 117 valence electrons. The van der Waals surface area contributed by atoms with Crippen LogP contribution in [0.4, 0.5) is 0 Å². The van der Waals surface area contributed by atoms with Crippen molar-refractivity contribution in [3.8, 4) is 0 Å². The van der Waals surface area contributed by atoms with Gasteiger partial charge in [-0.05, 0) is 0 Å². The van der Waals surface area contributed by atoms with Crippen LogP contribution >= 0.6 is 12.4 Å². The molecule has 0 saturated carbocycles. The van der Waals surface area contributed by atoms with Gasteiger partial charge in [0.25, 0.3) is 0 Å². The third-order valence-corrected chi connectivity index (χ3v) is 7.08. The third-order valence-electron chi connectivity index (χ3n) is 3.95. The van der Waals surface area contributed by atoms with E-state index in [9.17, 15) is 0 Å². The van der Waals surface area contributed by atoms with E-state index in [1.807, 2.05) is 0 Å². The molecule has 1 nitrogen and oxygen atoms in total. The summed E-state index contributed by atoms with van der Waals surface area (Å²) in [6.07, 6.45) is 7.09. The van der Waals surface area contributed by atoms with Crippen LogP contribution in [0, 0.1) is 0 Å². The van der Waals surface area contributed by atoms with Crippen LogP contribution < -0.4 is 0 Å². The molecule has 2 rings (SSSR count). The first-order chi connectivity index (χ1) is 9.17. The second-order valence-electron chi connectivity index (χ2n) is 7.01. The molecule has 21 heavy (non-hydrogen) atoms. The first-order valence-corrected chi connectivity index (χ1v) is 19.3. The van der Waals surface area contributed by atoms with Crippen LogP contribution in [0.1, 0.15) is 40.5 Å². The van der Waals surface area contributed by atoms with E-state index >= 15 is 0 Å². The molecule has 0 fully saturated rings. The average molecular weight is 403 g/mol. The molecule has 0 N–H and O–H groups in total. The molecule has 0 aliphatic heterocycles. The van der Waals surface area contributed by atoms with Crippen molar-refractivity contribution in [3.63, 3.8) is 0 Å². The van der Waals surface area contributed by atoms with E-state index in [0.29, 0.717) is 0 Å². The molecule has 2 aliphatic rings. The number of hydrogen-bond acceptors (Lipinski definition) is 1. The maximum Gasteiger partial charge on any atom is -0.147 e. The van der Waals surface area contributed by atoms with Crippen LogP contribution in [0.3, 0.4) is 0 Å². The first kappa shape index (κ1) is 19.4. The van der Waals surface area contributed by atoms with Gasteiger partial charge < -0.3 is 0 Å². The third kappa shape index (κ3) is 4.89. The fraction of sp³-hybridized carbons (Fsp3) is 0.529. The summed E-state index contributed by atoms with van der Waals surface area (Å²) in [6.45, 7) is 11.1. The maximum atomic E-state index is 6.68. The molecular weight excluding hydrogens is 375 g/mol. The molecular formula is C17H28ClOSiZr. The quantitative estimate of drug-likeness (QED) is 0.611. The predicted molar refractivity (Wildman–Crippen MR) is 94.5 cm³/mol. The monoisotopic (exact) mass is 401 g/mol. The molecule has 0 aromatic carbocycles.